The third kappa shape index (κ3) is 3.88. The SMILES string of the molecule is COc1cc(C)c(C(=O)NCC2CCCNC2)cc1OC. The van der Waals surface area contributed by atoms with Gasteiger partial charge >= 0.3 is 0 Å². The maximum Gasteiger partial charge on any atom is 0.251 e. The molecule has 1 fully saturated rings. The van der Waals surface area contributed by atoms with Crippen molar-refractivity contribution in [2.75, 3.05) is 33.9 Å². The average molecular weight is 292 g/mol. The van der Waals surface area contributed by atoms with Crippen LogP contribution in [-0.2, 0) is 0 Å². The van der Waals surface area contributed by atoms with Gasteiger partial charge in [-0.2, -0.15) is 0 Å². The second-order valence-corrected chi connectivity index (χ2v) is 5.44. The maximum atomic E-state index is 12.3. The van der Waals surface area contributed by atoms with Gasteiger partial charge in [-0.25, -0.2) is 0 Å². The Morgan fingerprint density at radius 1 is 1.33 bits per heavy atom. The zero-order valence-corrected chi connectivity index (χ0v) is 13.0. The molecule has 0 radical (unpaired) electrons. The van der Waals surface area contributed by atoms with Crippen LogP contribution < -0.4 is 20.1 Å². The molecule has 1 aliphatic heterocycles. The third-order valence-electron chi connectivity index (χ3n) is 3.93. The van der Waals surface area contributed by atoms with Gasteiger partial charge in [0.1, 0.15) is 0 Å². The van der Waals surface area contributed by atoms with Crippen molar-refractivity contribution < 1.29 is 14.3 Å². The molecule has 2 rings (SSSR count). The van der Waals surface area contributed by atoms with E-state index in [-0.39, 0.29) is 5.91 Å². The minimum absolute atomic E-state index is 0.0565. The number of carbonyl (C=O) groups excluding carboxylic acids is 1. The van der Waals surface area contributed by atoms with Crippen molar-refractivity contribution in [2.45, 2.75) is 19.8 Å². The second kappa shape index (κ2) is 7.31. The number of carbonyl (C=O) groups is 1. The van der Waals surface area contributed by atoms with Crippen LogP contribution in [0.2, 0.25) is 0 Å². The standard InChI is InChI=1S/C16H24N2O3/c1-11-7-14(20-2)15(21-3)8-13(11)16(19)18-10-12-5-4-6-17-9-12/h7-8,12,17H,4-6,9-10H2,1-3H3,(H,18,19). The van der Waals surface area contributed by atoms with Crippen LogP contribution >= 0.6 is 0 Å². The summed E-state index contributed by atoms with van der Waals surface area (Å²) < 4.78 is 10.5. The fourth-order valence-corrected chi connectivity index (χ4v) is 2.66. The first-order valence-electron chi connectivity index (χ1n) is 7.37. The molecule has 116 valence electrons. The molecule has 1 amide bonds. The summed E-state index contributed by atoms with van der Waals surface area (Å²) in [4.78, 5) is 12.3. The number of hydrogen-bond acceptors (Lipinski definition) is 4. The number of benzene rings is 1. The number of ether oxygens (including phenoxy) is 2. The van der Waals surface area contributed by atoms with Crippen molar-refractivity contribution >= 4 is 5.91 Å². The first kappa shape index (κ1) is 15.6. The molecule has 2 N–H and O–H groups in total. The van der Waals surface area contributed by atoms with Gasteiger partial charge in [-0.15, -0.1) is 0 Å². The van der Waals surface area contributed by atoms with E-state index >= 15 is 0 Å². The molecular formula is C16H24N2O3. The van der Waals surface area contributed by atoms with Crippen LogP contribution in [0.1, 0.15) is 28.8 Å². The Bertz CT molecular complexity index is 497. The largest absolute Gasteiger partial charge is 0.493 e. The fraction of sp³-hybridized carbons (Fsp3) is 0.562. The molecule has 1 aromatic carbocycles. The highest BCUT2D eigenvalue weighted by Gasteiger charge is 2.17. The third-order valence-corrected chi connectivity index (χ3v) is 3.93. The van der Waals surface area contributed by atoms with Gasteiger partial charge in [0.2, 0.25) is 0 Å². The number of methoxy groups -OCH3 is 2. The summed E-state index contributed by atoms with van der Waals surface area (Å²) >= 11 is 0. The van der Waals surface area contributed by atoms with E-state index in [1.165, 1.54) is 6.42 Å². The fourth-order valence-electron chi connectivity index (χ4n) is 2.66. The first-order valence-corrected chi connectivity index (χ1v) is 7.37. The van der Waals surface area contributed by atoms with Crippen LogP contribution in [0, 0.1) is 12.8 Å². The van der Waals surface area contributed by atoms with Crippen molar-refractivity contribution in [1.82, 2.24) is 10.6 Å². The molecule has 0 spiro atoms. The minimum Gasteiger partial charge on any atom is -0.493 e. The Hall–Kier alpha value is -1.75. The van der Waals surface area contributed by atoms with Crippen molar-refractivity contribution in [3.63, 3.8) is 0 Å². The van der Waals surface area contributed by atoms with Gasteiger partial charge in [0.15, 0.2) is 11.5 Å². The average Bonchev–Trinajstić information content (AvgIpc) is 2.53. The molecule has 0 aromatic heterocycles. The van der Waals surface area contributed by atoms with Crippen molar-refractivity contribution in [3.05, 3.63) is 23.3 Å². The lowest BCUT2D eigenvalue weighted by Gasteiger charge is -2.23. The number of hydrogen-bond donors (Lipinski definition) is 2. The van der Waals surface area contributed by atoms with Crippen LogP contribution in [0.4, 0.5) is 0 Å². The Labute approximate surface area is 126 Å². The predicted octanol–water partition coefficient (Wildman–Crippen LogP) is 1.74. The van der Waals surface area contributed by atoms with E-state index < -0.39 is 0 Å². The quantitative estimate of drug-likeness (QED) is 0.868. The number of aryl methyl sites for hydroxylation is 1. The van der Waals surface area contributed by atoms with Gasteiger partial charge in [0.25, 0.3) is 5.91 Å². The Morgan fingerprint density at radius 2 is 2.05 bits per heavy atom. The number of piperidine rings is 1. The predicted molar refractivity (Wildman–Crippen MR) is 82.2 cm³/mol. The molecule has 1 saturated heterocycles. The summed E-state index contributed by atoms with van der Waals surface area (Å²) in [5.41, 5.74) is 1.52. The van der Waals surface area contributed by atoms with Gasteiger partial charge in [-0.3, -0.25) is 4.79 Å². The highest BCUT2D eigenvalue weighted by Crippen LogP contribution is 2.30. The van der Waals surface area contributed by atoms with Crippen LogP contribution in [-0.4, -0.2) is 39.8 Å². The normalized spacial score (nSPS) is 18.1. The van der Waals surface area contributed by atoms with Crippen LogP contribution in [0.3, 0.4) is 0 Å². The lowest BCUT2D eigenvalue weighted by atomic mass is 9.99. The van der Waals surface area contributed by atoms with Gasteiger partial charge in [-0.1, -0.05) is 0 Å². The van der Waals surface area contributed by atoms with Gasteiger partial charge < -0.3 is 20.1 Å². The van der Waals surface area contributed by atoms with Crippen LogP contribution in [0.15, 0.2) is 12.1 Å². The molecule has 1 unspecified atom stereocenters. The topological polar surface area (TPSA) is 59.6 Å². The molecule has 1 heterocycles. The number of nitrogens with one attached hydrogen (secondary N) is 2. The Balaban J connectivity index is 2.04. The summed E-state index contributed by atoms with van der Waals surface area (Å²) in [5, 5.41) is 6.38. The number of amides is 1. The van der Waals surface area contributed by atoms with Crippen molar-refractivity contribution in [3.8, 4) is 11.5 Å². The summed E-state index contributed by atoms with van der Waals surface area (Å²) in [6.07, 6.45) is 2.34. The molecular weight excluding hydrogens is 268 g/mol. The smallest absolute Gasteiger partial charge is 0.251 e. The molecule has 1 aliphatic rings. The van der Waals surface area contributed by atoms with E-state index in [9.17, 15) is 4.79 Å². The van der Waals surface area contributed by atoms with E-state index in [1.54, 1.807) is 20.3 Å². The lowest BCUT2D eigenvalue weighted by Crippen LogP contribution is -2.38. The summed E-state index contributed by atoms with van der Waals surface area (Å²) in [7, 11) is 3.16. The zero-order valence-electron chi connectivity index (χ0n) is 13.0. The van der Waals surface area contributed by atoms with E-state index in [4.69, 9.17) is 9.47 Å². The summed E-state index contributed by atoms with van der Waals surface area (Å²) in [5.74, 6) is 1.68. The zero-order chi connectivity index (χ0) is 15.2. The second-order valence-electron chi connectivity index (χ2n) is 5.44. The minimum atomic E-state index is -0.0565. The molecule has 5 heteroatoms. The van der Waals surface area contributed by atoms with Crippen molar-refractivity contribution in [1.29, 1.82) is 0 Å². The number of rotatable bonds is 5. The molecule has 21 heavy (non-hydrogen) atoms. The Morgan fingerprint density at radius 3 is 2.67 bits per heavy atom. The highest BCUT2D eigenvalue weighted by atomic mass is 16.5. The van der Waals surface area contributed by atoms with Gasteiger partial charge in [0.05, 0.1) is 14.2 Å². The van der Waals surface area contributed by atoms with Gasteiger partial charge in [0, 0.05) is 12.1 Å². The van der Waals surface area contributed by atoms with E-state index in [0.29, 0.717) is 29.5 Å². The molecule has 1 atom stereocenters. The monoisotopic (exact) mass is 292 g/mol. The summed E-state index contributed by atoms with van der Waals surface area (Å²) in [6.45, 7) is 4.67. The molecule has 0 aliphatic carbocycles. The van der Waals surface area contributed by atoms with E-state index in [2.05, 4.69) is 10.6 Å². The molecule has 0 bridgehead atoms. The lowest BCUT2D eigenvalue weighted by molar-refractivity contribution is 0.0944. The summed E-state index contributed by atoms with van der Waals surface area (Å²) in [6, 6.07) is 3.57. The highest BCUT2D eigenvalue weighted by molar-refractivity contribution is 5.96. The van der Waals surface area contributed by atoms with E-state index in [1.807, 2.05) is 13.0 Å². The van der Waals surface area contributed by atoms with E-state index in [0.717, 1.165) is 25.1 Å². The van der Waals surface area contributed by atoms with Crippen LogP contribution in [0.25, 0.3) is 0 Å². The maximum absolute atomic E-state index is 12.3. The van der Waals surface area contributed by atoms with Crippen molar-refractivity contribution in [2.24, 2.45) is 5.92 Å². The molecule has 1 aromatic rings. The first-order chi connectivity index (χ1) is 10.2. The molecule has 0 saturated carbocycles. The molecule has 5 nitrogen and oxygen atoms in total. The Kier molecular flexibility index (Phi) is 5.44. The van der Waals surface area contributed by atoms with Gasteiger partial charge in [-0.05, 0) is 56.5 Å². The van der Waals surface area contributed by atoms with Crippen LogP contribution in [0.5, 0.6) is 11.5 Å².